The minimum atomic E-state index is -0.176. The van der Waals surface area contributed by atoms with Crippen LogP contribution in [0.4, 0.5) is 0 Å². The summed E-state index contributed by atoms with van der Waals surface area (Å²) >= 11 is 0. The van der Waals surface area contributed by atoms with Crippen LogP contribution in [-0.2, 0) is 9.57 Å². The molecule has 1 heterocycles. The summed E-state index contributed by atoms with van der Waals surface area (Å²) in [5, 5.41) is 3.82. The van der Waals surface area contributed by atoms with Gasteiger partial charge in [-0.15, -0.1) is 0 Å². The number of rotatable bonds is 1. The summed E-state index contributed by atoms with van der Waals surface area (Å²) in [6.45, 7) is 7.95. The van der Waals surface area contributed by atoms with Crippen molar-refractivity contribution in [2.75, 3.05) is 0 Å². The lowest BCUT2D eigenvalue weighted by atomic mass is 10.1. The Kier molecular flexibility index (Phi) is 2.07. The monoisotopic (exact) mass is 157 g/mol. The molecule has 1 aliphatic rings. The molecule has 0 unspecified atom stereocenters. The second-order valence-electron chi connectivity index (χ2n) is 3.68. The van der Waals surface area contributed by atoms with Gasteiger partial charge >= 0.3 is 0 Å². The summed E-state index contributed by atoms with van der Waals surface area (Å²) in [5.74, 6) is 0.713. The molecule has 0 saturated heterocycles. The van der Waals surface area contributed by atoms with Gasteiger partial charge in [0.1, 0.15) is 5.60 Å². The van der Waals surface area contributed by atoms with Crippen molar-refractivity contribution in [1.29, 1.82) is 0 Å². The quantitative estimate of drug-likeness (QED) is 0.582. The number of hydrogen-bond donors (Lipinski definition) is 0. The number of oxime groups is 1. The van der Waals surface area contributed by atoms with Gasteiger partial charge in [-0.05, 0) is 27.7 Å². The van der Waals surface area contributed by atoms with Crippen LogP contribution in [0.5, 0.6) is 0 Å². The normalized spacial score (nSPS) is 21.4. The van der Waals surface area contributed by atoms with Crippen LogP contribution < -0.4 is 0 Å². The zero-order valence-electron chi connectivity index (χ0n) is 7.55. The zero-order valence-corrected chi connectivity index (χ0v) is 7.55. The molecule has 0 spiro atoms. The van der Waals surface area contributed by atoms with Gasteiger partial charge < -0.3 is 9.57 Å². The third-order valence-corrected chi connectivity index (χ3v) is 1.34. The SMILES string of the molecule is CC(C)OC1=NOC(C)(C)C1. The molecule has 0 atom stereocenters. The van der Waals surface area contributed by atoms with Crippen LogP contribution in [0, 0.1) is 0 Å². The molecule has 0 N–H and O–H groups in total. The Bertz CT molecular complexity index is 173. The lowest BCUT2D eigenvalue weighted by Gasteiger charge is -2.13. The molecule has 0 aliphatic carbocycles. The summed E-state index contributed by atoms with van der Waals surface area (Å²) in [4.78, 5) is 5.12. The molecule has 3 heteroatoms. The molecule has 1 rings (SSSR count). The van der Waals surface area contributed by atoms with E-state index in [2.05, 4.69) is 5.16 Å². The first-order valence-electron chi connectivity index (χ1n) is 3.91. The fraction of sp³-hybridized carbons (Fsp3) is 0.875. The average molecular weight is 157 g/mol. The van der Waals surface area contributed by atoms with Crippen molar-refractivity contribution in [3.63, 3.8) is 0 Å². The van der Waals surface area contributed by atoms with E-state index in [1.165, 1.54) is 0 Å². The molecule has 1 aliphatic heterocycles. The lowest BCUT2D eigenvalue weighted by Crippen LogP contribution is -2.20. The van der Waals surface area contributed by atoms with Gasteiger partial charge in [0.2, 0.25) is 5.90 Å². The van der Waals surface area contributed by atoms with Gasteiger partial charge in [-0.25, -0.2) is 0 Å². The predicted molar refractivity (Wildman–Crippen MR) is 43.4 cm³/mol. The van der Waals surface area contributed by atoms with Crippen LogP contribution in [0.2, 0.25) is 0 Å². The Morgan fingerprint density at radius 1 is 1.55 bits per heavy atom. The Morgan fingerprint density at radius 3 is 2.55 bits per heavy atom. The van der Waals surface area contributed by atoms with E-state index in [9.17, 15) is 0 Å². The molecule has 0 aromatic rings. The summed E-state index contributed by atoms with van der Waals surface area (Å²) in [7, 11) is 0. The molecule has 3 nitrogen and oxygen atoms in total. The highest BCUT2D eigenvalue weighted by Gasteiger charge is 2.30. The Labute approximate surface area is 67.4 Å². The second kappa shape index (κ2) is 2.72. The van der Waals surface area contributed by atoms with E-state index < -0.39 is 0 Å². The maximum atomic E-state index is 5.37. The van der Waals surface area contributed by atoms with Crippen LogP contribution >= 0.6 is 0 Å². The smallest absolute Gasteiger partial charge is 0.230 e. The van der Waals surface area contributed by atoms with Gasteiger partial charge in [0, 0.05) is 0 Å². The van der Waals surface area contributed by atoms with Crippen molar-refractivity contribution >= 4 is 5.90 Å². The van der Waals surface area contributed by atoms with Crippen molar-refractivity contribution < 1.29 is 9.57 Å². The van der Waals surface area contributed by atoms with E-state index in [1.807, 2.05) is 27.7 Å². The summed E-state index contributed by atoms with van der Waals surface area (Å²) in [6.07, 6.45) is 0.955. The van der Waals surface area contributed by atoms with E-state index in [1.54, 1.807) is 0 Å². The molecule has 0 radical (unpaired) electrons. The minimum absolute atomic E-state index is 0.176. The number of ether oxygens (including phenoxy) is 1. The van der Waals surface area contributed by atoms with Crippen LogP contribution in [0.1, 0.15) is 34.1 Å². The molecule has 0 saturated carbocycles. The molecular formula is C8H15NO2. The van der Waals surface area contributed by atoms with Crippen molar-refractivity contribution in [3.05, 3.63) is 0 Å². The Balaban J connectivity index is 2.40. The second-order valence-corrected chi connectivity index (χ2v) is 3.68. The average Bonchev–Trinajstić information content (AvgIpc) is 2.08. The minimum Gasteiger partial charge on any atom is -0.476 e. The zero-order chi connectivity index (χ0) is 8.48. The Hall–Kier alpha value is -0.730. The van der Waals surface area contributed by atoms with E-state index in [-0.39, 0.29) is 11.7 Å². The highest BCUT2D eigenvalue weighted by Crippen LogP contribution is 2.22. The van der Waals surface area contributed by atoms with Crippen molar-refractivity contribution in [1.82, 2.24) is 0 Å². The van der Waals surface area contributed by atoms with E-state index in [0.29, 0.717) is 5.90 Å². The van der Waals surface area contributed by atoms with Crippen LogP contribution in [0.25, 0.3) is 0 Å². The predicted octanol–water partition coefficient (Wildman–Crippen LogP) is 1.92. The van der Waals surface area contributed by atoms with Gasteiger partial charge in [-0.1, -0.05) is 5.16 Å². The van der Waals surface area contributed by atoms with Crippen LogP contribution in [0.3, 0.4) is 0 Å². The number of hydrogen-bond acceptors (Lipinski definition) is 3. The first kappa shape index (κ1) is 8.37. The summed E-state index contributed by atoms with van der Waals surface area (Å²) in [6, 6.07) is 0. The van der Waals surface area contributed by atoms with Gasteiger partial charge in [0.05, 0.1) is 12.5 Å². The van der Waals surface area contributed by atoms with Gasteiger partial charge in [0.15, 0.2) is 0 Å². The third kappa shape index (κ3) is 2.41. The Morgan fingerprint density at radius 2 is 2.18 bits per heavy atom. The standard InChI is InChI=1S/C8H15NO2/c1-6(2)10-7-5-8(3,4)11-9-7/h6H,5H2,1-4H3. The maximum absolute atomic E-state index is 5.37. The summed E-state index contributed by atoms with van der Waals surface area (Å²) < 4.78 is 5.37. The van der Waals surface area contributed by atoms with Gasteiger partial charge in [-0.2, -0.15) is 0 Å². The first-order chi connectivity index (χ1) is 4.99. The lowest BCUT2D eigenvalue weighted by molar-refractivity contribution is 0.0122. The van der Waals surface area contributed by atoms with E-state index in [4.69, 9.17) is 9.57 Å². The molecule has 0 aromatic heterocycles. The fourth-order valence-corrected chi connectivity index (χ4v) is 0.938. The van der Waals surface area contributed by atoms with E-state index >= 15 is 0 Å². The van der Waals surface area contributed by atoms with Crippen LogP contribution in [-0.4, -0.2) is 17.6 Å². The highest BCUT2D eigenvalue weighted by molar-refractivity contribution is 5.77. The molecule has 64 valence electrons. The first-order valence-corrected chi connectivity index (χ1v) is 3.91. The molecule has 0 fully saturated rings. The van der Waals surface area contributed by atoms with Crippen molar-refractivity contribution in [3.8, 4) is 0 Å². The van der Waals surface area contributed by atoms with E-state index in [0.717, 1.165) is 6.42 Å². The highest BCUT2D eigenvalue weighted by atomic mass is 16.7. The molecule has 0 amide bonds. The van der Waals surface area contributed by atoms with Crippen molar-refractivity contribution in [2.45, 2.75) is 45.8 Å². The van der Waals surface area contributed by atoms with Crippen molar-refractivity contribution in [2.24, 2.45) is 5.16 Å². The molecule has 0 aromatic carbocycles. The maximum Gasteiger partial charge on any atom is 0.230 e. The third-order valence-electron chi connectivity index (χ3n) is 1.34. The largest absolute Gasteiger partial charge is 0.476 e. The molecule has 11 heavy (non-hydrogen) atoms. The summed E-state index contributed by atoms with van der Waals surface area (Å²) in [5.41, 5.74) is -0.176. The fourth-order valence-electron chi connectivity index (χ4n) is 0.938. The van der Waals surface area contributed by atoms with Gasteiger partial charge in [-0.3, -0.25) is 0 Å². The topological polar surface area (TPSA) is 30.8 Å². The molecular weight excluding hydrogens is 142 g/mol. The molecule has 0 bridgehead atoms. The van der Waals surface area contributed by atoms with Gasteiger partial charge in [0.25, 0.3) is 0 Å². The van der Waals surface area contributed by atoms with Crippen LogP contribution in [0.15, 0.2) is 5.16 Å². The number of nitrogens with zero attached hydrogens (tertiary/aromatic N) is 1.